The Labute approximate surface area is 153 Å². The van der Waals surface area contributed by atoms with E-state index >= 15 is 0 Å². The molecule has 0 bridgehead atoms. The molecule has 0 fully saturated rings. The number of amides is 2. The van der Waals surface area contributed by atoms with Crippen molar-refractivity contribution >= 4 is 17.5 Å². The molecule has 0 aliphatic heterocycles. The third kappa shape index (κ3) is 5.40. The van der Waals surface area contributed by atoms with E-state index in [0.717, 1.165) is 11.3 Å². The average Bonchev–Trinajstić information content (AvgIpc) is 3.02. The summed E-state index contributed by atoms with van der Waals surface area (Å²) < 4.78 is 4.92. The first kappa shape index (κ1) is 19.6. The molecule has 26 heavy (non-hydrogen) atoms. The number of para-hydroxylation sites is 1. The van der Waals surface area contributed by atoms with Crippen molar-refractivity contribution in [2.75, 3.05) is 11.9 Å². The minimum Gasteiger partial charge on any atom is -0.340 e. The first-order valence-corrected chi connectivity index (χ1v) is 8.86. The molecule has 140 valence electrons. The van der Waals surface area contributed by atoms with Gasteiger partial charge >= 0.3 is 0 Å². The van der Waals surface area contributed by atoms with Crippen LogP contribution in [-0.4, -0.2) is 33.4 Å². The van der Waals surface area contributed by atoms with Crippen molar-refractivity contribution in [1.29, 1.82) is 0 Å². The number of benzene rings is 1. The number of hydrogen-bond donors (Lipinski definition) is 1. The predicted molar refractivity (Wildman–Crippen MR) is 98.5 cm³/mol. The number of hydrogen-bond acceptors (Lipinski definition) is 5. The van der Waals surface area contributed by atoms with Gasteiger partial charge in [0.05, 0.1) is 6.54 Å². The maximum Gasteiger partial charge on any atom is 0.224 e. The molecule has 1 aromatic carbocycles. The maximum atomic E-state index is 12.4. The van der Waals surface area contributed by atoms with Gasteiger partial charge in [0.25, 0.3) is 0 Å². The number of aryl methyl sites for hydroxylation is 1. The summed E-state index contributed by atoms with van der Waals surface area (Å²) in [5, 5.41) is 6.71. The Morgan fingerprint density at radius 2 is 1.96 bits per heavy atom. The average molecular weight is 358 g/mol. The van der Waals surface area contributed by atoms with E-state index in [1.165, 1.54) is 0 Å². The normalized spacial score (nSPS) is 10.8. The van der Waals surface area contributed by atoms with Gasteiger partial charge in [-0.25, -0.2) is 0 Å². The van der Waals surface area contributed by atoms with E-state index in [-0.39, 0.29) is 31.2 Å². The van der Waals surface area contributed by atoms with Crippen molar-refractivity contribution in [3.05, 3.63) is 41.5 Å². The highest BCUT2D eigenvalue weighted by molar-refractivity contribution is 5.93. The van der Waals surface area contributed by atoms with E-state index in [0.29, 0.717) is 24.2 Å². The van der Waals surface area contributed by atoms with Crippen molar-refractivity contribution in [2.45, 2.75) is 53.0 Å². The molecule has 0 aliphatic rings. The summed E-state index contributed by atoms with van der Waals surface area (Å²) in [5.74, 6) is 0.960. The minimum atomic E-state index is -0.169. The van der Waals surface area contributed by atoms with Crippen LogP contribution in [0.25, 0.3) is 0 Å². The van der Waals surface area contributed by atoms with Crippen molar-refractivity contribution in [3.8, 4) is 0 Å². The third-order valence-electron chi connectivity index (χ3n) is 4.06. The summed E-state index contributed by atoms with van der Waals surface area (Å²) in [4.78, 5) is 30.3. The molecule has 1 aromatic heterocycles. The molecule has 2 aromatic rings. The monoisotopic (exact) mass is 358 g/mol. The Morgan fingerprint density at radius 3 is 2.58 bits per heavy atom. The number of nitrogens with one attached hydrogen (secondary N) is 1. The summed E-state index contributed by atoms with van der Waals surface area (Å²) in [5.41, 5.74) is 1.88. The van der Waals surface area contributed by atoms with Gasteiger partial charge in [-0.05, 0) is 24.5 Å². The van der Waals surface area contributed by atoms with Crippen molar-refractivity contribution in [1.82, 2.24) is 15.0 Å². The molecular formula is C19H26N4O3. The van der Waals surface area contributed by atoms with Gasteiger partial charge in [0.2, 0.25) is 17.7 Å². The van der Waals surface area contributed by atoms with Crippen LogP contribution in [0.15, 0.2) is 28.8 Å². The van der Waals surface area contributed by atoms with Crippen LogP contribution in [-0.2, 0) is 16.1 Å². The molecule has 0 radical (unpaired) electrons. The van der Waals surface area contributed by atoms with E-state index < -0.39 is 0 Å². The van der Waals surface area contributed by atoms with Gasteiger partial charge in [0.15, 0.2) is 5.82 Å². The van der Waals surface area contributed by atoms with Crippen molar-refractivity contribution in [3.63, 3.8) is 0 Å². The lowest BCUT2D eigenvalue weighted by Crippen LogP contribution is -2.31. The highest BCUT2D eigenvalue weighted by Gasteiger charge is 2.17. The fourth-order valence-electron chi connectivity index (χ4n) is 2.66. The summed E-state index contributed by atoms with van der Waals surface area (Å²) in [7, 11) is 0. The molecular weight excluding hydrogens is 332 g/mol. The van der Waals surface area contributed by atoms with Gasteiger partial charge in [-0.15, -0.1) is 0 Å². The Hall–Kier alpha value is -2.70. The van der Waals surface area contributed by atoms with E-state index in [9.17, 15) is 9.59 Å². The molecule has 0 saturated heterocycles. The Morgan fingerprint density at radius 1 is 1.23 bits per heavy atom. The second-order valence-electron chi connectivity index (χ2n) is 6.43. The highest BCUT2D eigenvalue weighted by Crippen LogP contribution is 2.23. The first-order valence-electron chi connectivity index (χ1n) is 8.86. The summed E-state index contributed by atoms with van der Waals surface area (Å²) >= 11 is 0. The van der Waals surface area contributed by atoms with Gasteiger partial charge < -0.3 is 14.7 Å². The number of nitrogens with zero attached hydrogens (tertiary/aromatic N) is 3. The fourth-order valence-corrected chi connectivity index (χ4v) is 2.66. The fraction of sp³-hybridized carbons (Fsp3) is 0.474. The molecule has 0 saturated carbocycles. The molecule has 0 spiro atoms. The number of carbonyl (C=O) groups excluding carboxylic acids is 2. The van der Waals surface area contributed by atoms with Crippen LogP contribution in [0.1, 0.15) is 56.8 Å². The molecule has 0 unspecified atom stereocenters. The smallest absolute Gasteiger partial charge is 0.224 e. The van der Waals surface area contributed by atoms with E-state index in [1.54, 1.807) is 11.8 Å². The second kappa shape index (κ2) is 9.12. The molecule has 2 amide bonds. The second-order valence-corrected chi connectivity index (χ2v) is 6.43. The molecule has 0 atom stereocenters. The lowest BCUT2D eigenvalue weighted by molar-refractivity contribution is -0.133. The zero-order valence-corrected chi connectivity index (χ0v) is 15.8. The number of anilines is 1. The van der Waals surface area contributed by atoms with E-state index in [2.05, 4.69) is 29.3 Å². The molecule has 7 heteroatoms. The Kier molecular flexibility index (Phi) is 6.89. The molecule has 1 heterocycles. The highest BCUT2D eigenvalue weighted by atomic mass is 16.5. The summed E-state index contributed by atoms with van der Waals surface area (Å²) in [6, 6.07) is 7.72. The Bertz CT molecular complexity index is 755. The molecule has 1 N–H and O–H groups in total. The van der Waals surface area contributed by atoms with Crippen molar-refractivity contribution < 1.29 is 14.1 Å². The largest absolute Gasteiger partial charge is 0.340 e. The van der Waals surface area contributed by atoms with E-state index in [4.69, 9.17) is 4.52 Å². The van der Waals surface area contributed by atoms with E-state index in [1.807, 2.05) is 31.2 Å². The SMILES string of the molecule is CCN(Cc1noc(C)n1)C(=O)CCC(=O)Nc1ccccc1C(C)C. The van der Waals surface area contributed by atoms with Crippen molar-refractivity contribution in [2.24, 2.45) is 0 Å². The summed E-state index contributed by atoms with van der Waals surface area (Å²) in [6.45, 7) is 8.53. The molecule has 0 aliphatic carbocycles. The van der Waals surface area contributed by atoms with Gasteiger partial charge in [0.1, 0.15) is 0 Å². The van der Waals surface area contributed by atoms with Gasteiger partial charge in [0, 0.05) is 32.0 Å². The lowest BCUT2D eigenvalue weighted by atomic mass is 10.0. The predicted octanol–water partition coefficient (Wildman–Crippen LogP) is 3.27. The zero-order chi connectivity index (χ0) is 19.1. The standard InChI is InChI=1S/C19H26N4O3/c1-5-23(12-17-20-14(4)26-22-17)19(25)11-10-18(24)21-16-9-7-6-8-15(16)13(2)3/h6-9,13H,5,10-12H2,1-4H3,(H,21,24). The number of aromatic nitrogens is 2. The van der Waals surface area contributed by atoms with Crippen LogP contribution in [0, 0.1) is 6.92 Å². The number of rotatable bonds is 8. The van der Waals surface area contributed by atoms with Crippen LogP contribution >= 0.6 is 0 Å². The first-order chi connectivity index (χ1) is 12.4. The van der Waals surface area contributed by atoms with Crippen LogP contribution in [0.2, 0.25) is 0 Å². The maximum absolute atomic E-state index is 12.4. The summed E-state index contributed by atoms with van der Waals surface area (Å²) in [6.07, 6.45) is 0.271. The zero-order valence-electron chi connectivity index (χ0n) is 15.8. The van der Waals surface area contributed by atoms with Crippen LogP contribution in [0.4, 0.5) is 5.69 Å². The van der Waals surface area contributed by atoms with Crippen LogP contribution in [0.3, 0.4) is 0 Å². The van der Waals surface area contributed by atoms with Crippen LogP contribution in [0.5, 0.6) is 0 Å². The van der Waals surface area contributed by atoms with Gasteiger partial charge in [-0.2, -0.15) is 4.98 Å². The van der Waals surface area contributed by atoms with Crippen LogP contribution < -0.4 is 5.32 Å². The lowest BCUT2D eigenvalue weighted by Gasteiger charge is -2.19. The number of carbonyl (C=O) groups is 2. The third-order valence-corrected chi connectivity index (χ3v) is 4.06. The van der Waals surface area contributed by atoms with Gasteiger partial charge in [-0.3, -0.25) is 9.59 Å². The molecule has 2 rings (SSSR count). The molecule has 7 nitrogen and oxygen atoms in total. The Balaban J connectivity index is 1.88. The van der Waals surface area contributed by atoms with Gasteiger partial charge in [-0.1, -0.05) is 37.2 Å². The minimum absolute atomic E-state index is 0.109. The quantitative estimate of drug-likeness (QED) is 0.782. The topological polar surface area (TPSA) is 88.3 Å².